The number of aliphatic carboxylic acids is 1. The number of urea groups is 1. The number of carbonyl (C=O) groups excluding carboxylic acids is 3. The van der Waals surface area contributed by atoms with E-state index in [-0.39, 0.29) is 25.3 Å². The Kier molecular flexibility index (Phi) is 6.52. The molecule has 5 N–H and O–H groups in total. The molecule has 0 aromatic heterocycles. The number of nitrogens with two attached hydrogens (primary N) is 1. The lowest BCUT2D eigenvalue weighted by Gasteiger charge is -2.35. The quantitative estimate of drug-likeness (QED) is 0.339. The van der Waals surface area contributed by atoms with E-state index in [4.69, 9.17) is 5.73 Å². The number of likely N-dealkylation sites (tertiary alicyclic amines) is 1. The van der Waals surface area contributed by atoms with Crippen molar-refractivity contribution < 1.29 is 24.3 Å². The lowest BCUT2D eigenvalue weighted by Crippen LogP contribution is -2.57. The Bertz CT molecular complexity index is 1010. The summed E-state index contributed by atoms with van der Waals surface area (Å²) in [6.45, 7) is 7.49. The number of hydrogen-bond acceptors (Lipinski definition) is 6. The van der Waals surface area contributed by atoms with Crippen LogP contribution in [0.25, 0.3) is 0 Å². The van der Waals surface area contributed by atoms with E-state index in [1.807, 2.05) is 24.3 Å². The van der Waals surface area contributed by atoms with E-state index < -0.39 is 46.9 Å². The van der Waals surface area contributed by atoms with Crippen molar-refractivity contribution in [1.29, 1.82) is 0 Å². The summed E-state index contributed by atoms with van der Waals surface area (Å²) >= 11 is 0. The molecule has 4 amide bonds. The molecular formula is C25H35N5O5. The first-order chi connectivity index (χ1) is 16.5. The number of carbonyl (C=O) groups is 4. The average molecular weight is 486 g/mol. The third-order valence-electron chi connectivity index (χ3n) is 7.48. The standard InChI is InChI=1S/C25H35N5O5/c1-24(2,3)30-20(31)17-18(21(30)32)25(22(33)34,11-6-12-27-23(26)35)28-19(17)15-7-9-16(10-8-15)29-13-4-5-14-29/h7-10,17-19,28H,4-6,11-14H2,1-3H3,(H,33,34)(H3,26,27,35). The molecule has 4 rings (SSSR count). The SMILES string of the molecule is CC(C)(C)N1C(=O)C2C(c3ccc(N4CCCC4)cc3)NC(CCCNC(N)=O)(C(=O)O)C2C1=O. The first kappa shape index (κ1) is 25.0. The number of rotatable bonds is 7. The molecule has 10 heteroatoms. The van der Waals surface area contributed by atoms with E-state index in [9.17, 15) is 24.3 Å². The average Bonchev–Trinajstić information content (AvgIpc) is 3.48. The minimum atomic E-state index is -1.64. The highest BCUT2D eigenvalue weighted by atomic mass is 16.4. The lowest BCUT2D eigenvalue weighted by molar-refractivity contribution is -0.154. The predicted molar refractivity (Wildman–Crippen MR) is 130 cm³/mol. The molecule has 1 aromatic carbocycles. The van der Waals surface area contributed by atoms with Gasteiger partial charge < -0.3 is 21.1 Å². The fraction of sp³-hybridized carbons (Fsp3) is 0.600. The van der Waals surface area contributed by atoms with Crippen LogP contribution in [0.1, 0.15) is 58.1 Å². The Balaban J connectivity index is 1.70. The second-order valence-corrected chi connectivity index (χ2v) is 10.8. The topological polar surface area (TPSA) is 145 Å². The van der Waals surface area contributed by atoms with Gasteiger partial charge in [0.25, 0.3) is 0 Å². The monoisotopic (exact) mass is 485 g/mol. The van der Waals surface area contributed by atoms with Gasteiger partial charge in [-0.05, 0) is 64.2 Å². The van der Waals surface area contributed by atoms with Crippen molar-refractivity contribution in [3.8, 4) is 0 Å². The molecule has 3 aliphatic rings. The predicted octanol–water partition coefficient (Wildman–Crippen LogP) is 1.60. The summed E-state index contributed by atoms with van der Waals surface area (Å²) in [4.78, 5) is 54.6. The maximum absolute atomic E-state index is 13.6. The minimum Gasteiger partial charge on any atom is -0.480 e. The number of imide groups is 1. The van der Waals surface area contributed by atoms with Gasteiger partial charge >= 0.3 is 12.0 Å². The molecule has 0 saturated carbocycles. The van der Waals surface area contributed by atoms with Gasteiger partial charge in [-0.15, -0.1) is 0 Å². The third-order valence-corrected chi connectivity index (χ3v) is 7.48. The van der Waals surface area contributed by atoms with Gasteiger partial charge in [0.15, 0.2) is 0 Å². The minimum absolute atomic E-state index is 0.0587. The Morgan fingerprint density at radius 2 is 1.77 bits per heavy atom. The number of nitrogens with one attached hydrogen (secondary N) is 2. The zero-order valence-electron chi connectivity index (χ0n) is 20.5. The summed E-state index contributed by atoms with van der Waals surface area (Å²) in [5.41, 5.74) is 4.58. The molecule has 190 valence electrons. The largest absolute Gasteiger partial charge is 0.480 e. The van der Waals surface area contributed by atoms with Crippen LogP contribution in [0.3, 0.4) is 0 Å². The van der Waals surface area contributed by atoms with Crippen LogP contribution < -0.4 is 21.3 Å². The highest BCUT2D eigenvalue weighted by Crippen LogP contribution is 2.51. The first-order valence-electron chi connectivity index (χ1n) is 12.2. The summed E-state index contributed by atoms with van der Waals surface area (Å²) in [6.07, 6.45) is 2.65. The molecule has 3 saturated heterocycles. The molecule has 1 aromatic rings. The summed E-state index contributed by atoms with van der Waals surface area (Å²) in [5, 5.41) is 16.1. The van der Waals surface area contributed by atoms with E-state index in [0.717, 1.165) is 37.2 Å². The van der Waals surface area contributed by atoms with E-state index in [1.54, 1.807) is 20.8 Å². The molecule has 0 spiro atoms. The number of amides is 4. The van der Waals surface area contributed by atoms with E-state index in [1.165, 1.54) is 4.90 Å². The number of nitrogens with zero attached hydrogens (tertiary/aromatic N) is 2. The lowest BCUT2D eigenvalue weighted by atomic mass is 9.77. The third kappa shape index (κ3) is 4.35. The van der Waals surface area contributed by atoms with Crippen LogP contribution in [0.5, 0.6) is 0 Å². The van der Waals surface area contributed by atoms with Crippen molar-refractivity contribution in [3.05, 3.63) is 29.8 Å². The normalized spacial score (nSPS) is 28.5. The van der Waals surface area contributed by atoms with Gasteiger partial charge in [-0.25, -0.2) is 4.79 Å². The van der Waals surface area contributed by atoms with Crippen LogP contribution in [0, 0.1) is 11.8 Å². The van der Waals surface area contributed by atoms with E-state index in [2.05, 4.69) is 15.5 Å². The summed E-state index contributed by atoms with van der Waals surface area (Å²) in [5.74, 6) is -3.89. The van der Waals surface area contributed by atoms with Crippen molar-refractivity contribution in [2.24, 2.45) is 17.6 Å². The maximum Gasteiger partial charge on any atom is 0.324 e. The Hall–Kier alpha value is -3.14. The highest BCUT2D eigenvalue weighted by Gasteiger charge is 2.69. The molecule has 3 fully saturated rings. The van der Waals surface area contributed by atoms with Crippen molar-refractivity contribution in [3.63, 3.8) is 0 Å². The number of primary amides is 1. The van der Waals surface area contributed by atoms with Crippen LogP contribution in [-0.4, -0.2) is 64.5 Å². The number of carboxylic acids is 1. The molecule has 0 radical (unpaired) electrons. The summed E-state index contributed by atoms with van der Waals surface area (Å²) < 4.78 is 0. The second kappa shape index (κ2) is 9.14. The number of anilines is 1. The van der Waals surface area contributed by atoms with Gasteiger partial charge in [0, 0.05) is 36.9 Å². The number of benzene rings is 1. The molecule has 0 aliphatic carbocycles. The fourth-order valence-electron chi connectivity index (χ4n) is 5.93. The maximum atomic E-state index is 13.6. The van der Waals surface area contributed by atoms with Gasteiger partial charge in [-0.3, -0.25) is 24.6 Å². The molecule has 4 unspecified atom stereocenters. The highest BCUT2D eigenvalue weighted by molar-refractivity contribution is 6.10. The van der Waals surface area contributed by atoms with Gasteiger partial charge in [-0.1, -0.05) is 12.1 Å². The Labute approximate surface area is 205 Å². The molecule has 0 bridgehead atoms. The Morgan fingerprint density at radius 3 is 2.31 bits per heavy atom. The van der Waals surface area contributed by atoms with Crippen molar-refractivity contribution in [2.75, 3.05) is 24.5 Å². The van der Waals surface area contributed by atoms with Gasteiger partial charge in [0.2, 0.25) is 11.8 Å². The Morgan fingerprint density at radius 1 is 1.14 bits per heavy atom. The molecular weight excluding hydrogens is 450 g/mol. The number of hydrogen-bond donors (Lipinski definition) is 4. The molecule has 3 aliphatic heterocycles. The van der Waals surface area contributed by atoms with Crippen molar-refractivity contribution in [2.45, 2.75) is 63.6 Å². The first-order valence-corrected chi connectivity index (χ1v) is 12.2. The van der Waals surface area contributed by atoms with Crippen molar-refractivity contribution in [1.82, 2.24) is 15.5 Å². The fourth-order valence-corrected chi connectivity index (χ4v) is 5.93. The number of fused-ring (bicyclic) bond motifs is 1. The van der Waals surface area contributed by atoms with Crippen LogP contribution in [-0.2, 0) is 14.4 Å². The van der Waals surface area contributed by atoms with Crippen LogP contribution in [0.2, 0.25) is 0 Å². The van der Waals surface area contributed by atoms with Gasteiger partial charge in [0.1, 0.15) is 5.54 Å². The van der Waals surface area contributed by atoms with Gasteiger partial charge in [0.05, 0.1) is 11.8 Å². The van der Waals surface area contributed by atoms with Crippen LogP contribution >= 0.6 is 0 Å². The number of carboxylic acid groups (broad SMARTS) is 1. The molecule has 4 atom stereocenters. The zero-order valence-corrected chi connectivity index (χ0v) is 20.5. The van der Waals surface area contributed by atoms with Crippen molar-refractivity contribution >= 4 is 29.5 Å². The summed E-state index contributed by atoms with van der Waals surface area (Å²) in [6, 6.07) is 6.51. The van der Waals surface area contributed by atoms with Crippen LogP contribution in [0.4, 0.5) is 10.5 Å². The second-order valence-electron chi connectivity index (χ2n) is 10.8. The smallest absolute Gasteiger partial charge is 0.324 e. The molecule has 3 heterocycles. The van der Waals surface area contributed by atoms with E-state index >= 15 is 0 Å². The van der Waals surface area contributed by atoms with Crippen LogP contribution in [0.15, 0.2) is 24.3 Å². The van der Waals surface area contributed by atoms with Gasteiger partial charge in [-0.2, -0.15) is 0 Å². The molecule has 10 nitrogen and oxygen atoms in total. The zero-order chi connectivity index (χ0) is 25.5. The molecule has 35 heavy (non-hydrogen) atoms. The summed E-state index contributed by atoms with van der Waals surface area (Å²) in [7, 11) is 0. The van der Waals surface area contributed by atoms with E-state index in [0.29, 0.717) is 0 Å².